The van der Waals surface area contributed by atoms with Crippen LogP contribution in [0.1, 0.15) is 53.4 Å². The van der Waals surface area contributed by atoms with Gasteiger partial charge in [0.2, 0.25) is 0 Å². The molecule has 13 heavy (non-hydrogen) atoms. The summed E-state index contributed by atoms with van der Waals surface area (Å²) < 4.78 is 0. The molecule has 76 valence electrons. The Morgan fingerprint density at radius 3 is 2.38 bits per heavy atom. The van der Waals surface area contributed by atoms with Crippen molar-refractivity contribution < 1.29 is 4.79 Å². The van der Waals surface area contributed by atoms with Gasteiger partial charge in [0.1, 0.15) is 5.78 Å². The first-order valence-corrected chi connectivity index (χ1v) is 5.49. The molecule has 1 saturated carbocycles. The highest BCUT2D eigenvalue weighted by Crippen LogP contribution is 2.45. The average molecular weight is 182 g/mol. The van der Waals surface area contributed by atoms with Gasteiger partial charge in [0, 0.05) is 12.3 Å². The Hall–Kier alpha value is -0.330. The number of ketones is 1. The van der Waals surface area contributed by atoms with E-state index >= 15 is 0 Å². The molecule has 1 aliphatic carbocycles. The molecule has 0 aromatic rings. The lowest BCUT2D eigenvalue weighted by Crippen LogP contribution is -2.45. The summed E-state index contributed by atoms with van der Waals surface area (Å²) in [6, 6.07) is 0. The molecule has 1 heteroatoms. The van der Waals surface area contributed by atoms with E-state index in [4.69, 9.17) is 0 Å². The van der Waals surface area contributed by atoms with Crippen LogP contribution in [0.3, 0.4) is 0 Å². The minimum atomic E-state index is 0.188. The number of Topliss-reactive ketones (excluding diaryl/α,β-unsaturated/α-hetero) is 1. The minimum Gasteiger partial charge on any atom is -0.299 e. The van der Waals surface area contributed by atoms with E-state index in [1.807, 2.05) is 0 Å². The molecule has 0 spiro atoms. The molecule has 0 aromatic heterocycles. The monoisotopic (exact) mass is 182 g/mol. The molecule has 0 aliphatic heterocycles. The Labute approximate surface area is 81.9 Å². The summed E-state index contributed by atoms with van der Waals surface area (Å²) in [6.45, 7) is 8.78. The molecule has 0 bridgehead atoms. The first kappa shape index (κ1) is 10.7. The lowest BCUT2D eigenvalue weighted by molar-refractivity contribution is -0.140. The van der Waals surface area contributed by atoms with Crippen molar-refractivity contribution in [3.63, 3.8) is 0 Å². The lowest BCUT2D eigenvalue weighted by atomic mass is 9.59. The van der Waals surface area contributed by atoms with E-state index in [2.05, 4.69) is 27.7 Å². The quantitative estimate of drug-likeness (QED) is 0.653. The molecule has 1 aliphatic rings. The van der Waals surface area contributed by atoms with Crippen molar-refractivity contribution in [3.8, 4) is 0 Å². The van der Waals surface area contributed by atoms with Crippen LogP contribution in [0.25, 0.3) is 0 Å². The molecule has 0 N–H and O–H groups in total. The fourth-order valence-corrected chi connectivity index (χ4v) is 2.53. The third-order valence-corrected chi connectivity index (χ3v) is 3.14. The first-order valence-electron chi connectivity index (χ1n) is 5.49. The van der Waals surface area contributed by atoms with E-state index in [0.29, 0.717) is 17.6 Å². The minimum absolute atomic E-state index is 0.188. The van der Waals surface area contributed by atoms with Crippen LogP contribution >= 0.6 is 0 Å². The Morgan fingerprint density at radius 2 is 2.00 bits per heavy atom. The zero-order valence-electron chi connectivity index (χ0n) is 9.39. The molecule has 1 fully saturated rings. The summed E-state index contributed by atoms with van der Waals surface area (Å²) >= 11 is 0. The second-order valence-corrected chi connectivity index (χ2v) is 5.42. The van der Waals surface area contributed by atoms with E-state index in [1.165, 1.54) is 19.3 Å². The topological polar surface area (TPSA) is 17.1 Å². The van der Waals surface area contributed by atoms with Crippen molar-refractivity contribution in [3.05, 3.63) is 0 Å². The molecular formula is C12H22O. The molecule has 0 aromatic carbocycles. The second-order valence-electron chi connectivity index (χ2n) is 5.42. The lowest BCUT2D eigenvalue weighted by Gasteiger charge is -2.43. The molecule has 0 saturated heterocycles. The van der Waals surface area contributed by atoms with Crippen LogP contribution in [-0.4, -0.2) is 5.78 Å². The van der Waals surface area contributed by atoms with Gasteiger partial charge in [0.05, 0.1) is 0 Å². The molecule has 0 amide bonds. The van der Waals surface area contributed by atoms with Crippen molar-refractivity contribution in [2.75, 3.05) is 0 Å². The van der Waals surface area contributed by atoms with Crippen LogP contribution in [0.15, 0.2) is 0 Å². The Kier molecular flexibility index (Phi) is 3.15. The number of hydrogen-bond acceptors (Lipinski definition) is 1. The van der Waals surface area contributed by atoms with E-state index < -0.39 is 0 Å². The van der Waals surface area contributed by atoms with Crippen LogP contribution in [0, 0.1) is 17.3 Å². The molecular weight excluding hydrogens is 160 g/mol. The molecule has 0 radical (unpaired) electrons. The molecule has 1 rings (SSSR count). The predicted molar refractivity (Wildman–Crippen MR) is 55.6 cm³/mol. The number of rotatable bonds is 3. The van der Waals surface area contributed by atoms with Crippen molar-refractivity contribution in [1.82, 2.24) is 0 Å². The number of carbonyl (C=O) groups excluding carboxylic acids is 1. The van der Waals surface area contributed by atoms with E-state index in [-0.39, 0.29) is 5.41 Å². The van der Waals surface area contributed by atoms with Gasteiger partial charge >= 0.3 is 0 Å². The van der Waals surface area contributed by atoms with Gasteiger partial charge in [0.15, 0.2) is 0 Å². The largest absolute Gasteiger partial charge is 0.299 e. The van der Waals surface area contributed by atoms with E-state index in [9.17, 15) is 4.79 Å². The fourth-order valence-electron chi connectivity index (χ4n) is 2.53. The number of hydrogen-bond donors (Lipinski definition) is 0. The third kappa shape index (κ3) is 2.32. The van der Waals surface area contributed by atoms with Crippen LogP contribution in [0.2, 0.25) is 0 Å². The van der Waals surface area contributed by atoms with Crippen LogP contribution in [0.5, 0.6) is 0 Å². The summed E-state index contributed by atoms with van der Waals surface area (Å²) in [5, 5.41) is 0. The fraction of sp³-hybridized carbons (Fsp3) is 0.917. The van der Waals surface area contributed by atoms with Crippen LogP contribution < -0.4 is 0 Å². The SMILES string of the molecule is CCCCC1CC(=O)C1C(C)(C)C. The molecule has 2 unspecified atom stereocenters. The van der Waals surface area contributed by atoms with E-state index in [1.54, 1.807) is 0 Å². The van der Waals surface area contributed by atoms with Gasteiger partial charge in [-0.3, -0.25) is 4.79 Å². The maximum atomic E-state index is 11.5. The van der Waals surface area contributed by atoms with Crippen molar-refractivity contribution in [2.45, 2.75) is 53.4 Å². The Bertz CT molecular complexity index is 188. The summed E-state index contributed by atoms with van der Waals surface area (Å²) in [6.07, 6.45) is 4.64. The zero-order valence-corrected chi connectivity index (χ0v) is 9.39. The number of unbranched alkanes of at least 4 members (excludes halogenated alkanes) is 1. The molecule has 2 atom stereocenters. The van der Waals surface area contributed by atoms with Crippen molar-refractivity contribution in [1.29, 1.82) is 0 Å². The Balaban J connectivity index is 2.47. The van der Waals surface area contributed by atoms with Gasteiger partial charge in [-0.15, -0.1) is 0 Å². The zero-order chi connectivity index (χ0) is 10.1. The van der Waals surface area contributed by atoms with Crippen LogP contribution in [0.4, 0.5) is 0 Å². The second kappa shape index (κ2) is 3.81. The summed E-state index contributed by atoms with van der Waals surface area (Å²) in [7, 11) is 0. The van der Waals surface area contributed by atoms with Gasteiger partial charge in [0.25, 0.3) is 0 Å². The van der Waals surface area contributed by atoms with Gasteiger partial charge in [-0.05, 0) is 17.8 Å². The highest BCUT2D eigenvalue weighted by atomic mass is 16.1. The molecule has 1 nitrogen and oxygen atoms in total. The van der Waals surface area contributed by atoms with Gasteiger partial charge in [-0.1, -0.05) is 40.5 Å². The molecule has 0 heterocycles. The van der Waals surface area contributed by atoms with Crippen molar-refractivity contribution >= 4 is 5.78 Å². The number of carbonyl (C=O) groups is 1. The van der Waals surface area contributed by atoms with Gasteiger partial charge < -0.3 is 0 Å². The van der Waals surface area contributed by atoms with Crippen molar-refractivity contribution in [2.24, 2.45) is 17.3 Å². The third-order valence-electron chi connectivity index (χ3n) is 3.14. The average Bonchev–Trinajstić information content (AvgIpc) is 1.93. The maximum Gasteiger partial charge on any atom is 0.137 e. The van der Waals surface area contributed by atoms with E-state index in [0.717, 1.165) is 6.42 Å². The summed E-state index contributed by atoms with van der Waals surface area (Å²) in [5.41, 5.74) is 0.188. The summed E-state index contributed by atoms with van der Waals surface area (Å²) in [4.78, 5) is 11.5. The van der Waals surface area contributed by atoms with Gasteiger partial charge in [-0.2, -0.15) is 0 Å². The predicted octanol–water partition coefficient (Wildman–Crippen LogP) is 3.43. The smallest absolute Gasteiger partial charge is 0.137 e. The standard InChI is InChI=1S/C12H22O/c1-5-6-7-9-8-10(13)11(9)12(2,3)4/h9,11H,5-8H2,1-4H3. The first-order chi connectivity index (χ1) is 5.96. The highest BCUT2D eigenvalue weighted by molar-refractivity contribution is 5.88. The normalized spacial score (nSPS) is 28.8. The maximum absolute atomic E-state index is 11.5. The highest BCUT2D eigenvalue weighted by Gasteiger charge is 2.45. The Morgan fingerprint density at radius 1 is 1.38 bits per heavy atom. The van der Waals surface area contributed by atoms with Crippen LogP contribution in [-0.2, 0) is 4.79 Å². The summed E-state index contributed by atoms with van der Waals surface area (Å²) in [5.74, 6) is 1.53. The van der Waals surface area contributed by atoms with Gasteiger partial charge in [-0.25, -0.2) is 0 Å².